The highest BCUT2D eigenvalue weighted by atomic mass is 79.9. The standard InChI is InChI=1S/C14H25BrN4/c1-3-12-14(15)13(19(4-2)17-12)10-18-8-6-5-7-11(18)9-16/h11H,3-10,16H2,1-2H3. The Balaban J connectivity index is 2.19. The van der Waals surface area contributed by atoms with Crippen LogP contribution in [0.2, 0.25) is 0 Å². The lowest BCUT2D eigenvalue weighted by molar-refractivity contribution is 0.140. The molecule has 0 aromatic carbocycles. The second-order valence-electron chi connectivity index (χ2n) is 5.23. The molecule has 108 valence electrons. The van der Waals surface area contributed by atoms with Crippen molar-refractivity contribution in [1.82, 2.24) is 14.7 Å². The summed E-state index contributed by atoms with van der Waals surface area (Å²) in [4.78, 5) is 2.52. The molecule has 0 radical (unpaired) electrons. The lowest BCUT2D eigenvalue weighted by Gasteiger charge is -2.35. The third-order valence-corrected chi connectivity index (χ3v) is 4.98. The Hall–Kier alpha value is -0.390. The van der Waals surface area contributed by atoms with Crippen LogP contribution in [-0.4, -0.2) is 33.8 Å². The summed E-state index contributed by atoms with van der Waals surface area (Å²) < 4.78 is 3.32. The maximum atomic E-state index is 5.91. The first kappa shape index (κ1) is 15.0. The Kier molecular flexibility index (Phi) is 5.42. The van der Waals surface area contributed by atoms with Crippen LogP contribution in [0.25, 0.3) is 0 Å². The van der Waals surface area contributed by atoms with E-state index in [0.29, 0.717) is 6.04 Å². The number of aromatic nitrogens is 2. The van der Waals surface area contributed by atoms with Gasteiger partial charge in [0.25, 0.3) is 0 Å². The van der Waals surface area contributed by atoms with Crippen LogP contribution in [0.15, 0.2) is 4.47 Å². The fourth-order valence-corrected chi connectivity index (χ4v) is 3.59. The largest absolute Gasteiger partial charge is 0.329 e. The molecule has 1 atom stereocenters. The number of halogens is 1. The van der Waals surface area contributed by atoms with Gasteiger partial charge in [0.1, 0.15) is 0 Å². The summed E-state index contributed by atoms with van der Waals surface area (Å²) in [5.74, 6) is 0. The monoisotopic (exact) mass is 328 g/mol. The molecule has 2 heterocycles. The molecule has 2 N–H and O–H groups in total. The van der Waals surface area contributed by atoms with Crippen LogP contribution in [0.3, 0.4) is 0 Å². The smallest absolute Gasteiger partial charge is 0.0767 e. The van der Waals surface area contributed by atoms with Crippen LogP contribution < -0.4 is 5.73 Å². The minimum absolute atomic E-state index is 0.533. The summed E-state index contributed by atoms with van der Waals surface area (Å²) in [6.45, 7) is 8.11. The Bertz CT molecular complexity index is 416. The Morgan fingerprint density at radius 2 is 2.16 bits per heavy atom. The Morgan fingerprint density at radius 3 is 2.79 bits per heavy atom. The molecule has 1 aliphatic heterocycles. The van der Waals surface area contributed by atoms with Crippen molar-refractivity contribution in [3.63, 3.8) is 0 Å². The topological polar surface area (TPSA) is 47.1 Å². The summed E-state index contributed by atoms with van der Waals surface area (Å²) in [6, 6.07) is 0.533. The van der Waals surface area contributed by atoms with Crippen LogP contribution in [-0.2, 0) is 19.5 Å². The fourth-order valence-electron chi connectivity index (χ4n) is 2.90. The van der Waals surface area contributed by atoms with Gasteiger partial charge in [-0.3, -0.25) is 9.58 Å². The van der Waals surface area contributed by atoms with Crippen molar-refractivity contribution < 1.29 is 0 Å². The third kappa shape index (κ3) is 3.20. The van der Waals surface area contributed by atoms with Gasteiger partial charge in [-0.15, -0.1) is 0 Å². The molecule has 0 saturated carbocycles. The molecule has 0 spiro atoms. The van der Waals surface area contributed by atoms with Crippen molar-refractivity contribution in [3.05, 3.63) is 15.9 Å². The highest BCUT2D eigenvalue weighted by Crippen LogP contribution is 2.26. The van der Waals surface area contributed by atoms with Crippen molar-refractivity contribution in [2.75, 3.05) is 13.1 Å². The summed E-state index contributed by atoms with van der Waals surface area (Å²) in [6.07, 6.45) is 4.80. The SMILES string of the molecule is CCc1nn(CC)c(CN2CCCCC2CN)c1Br. The van der Waals surface area contributed by atoms with E-state index >= 15 is 0 Å². The summed E-state index contributed by atoms with van der Waals surface area (Å²) >= 11 is 3.73. The van der Waals surface area contributed by atoms with E-state index < -0.39 is 0 Å². The van der Waals surface area contributed by atoms with E-state index in [1.54, 1.807) is 0 Å². The maximum absolute atomic E-state index is 5.91. The number of rotatable bonds is 5. The average molecular weight is 329 g/mol. The van der Waals surface area contributed by atoms with E-state index in [0.717, 1.165) is 38.3 Å². The van der Waals surface area contributed by atoms with Gasteiger partial charge < -0.3 is 5.73 Å². The second-order valence-corrected chi connectivity index (χ2v) is 6.03. The number of aryl methyl sites for hydroxylation is 2. The highest BCUT2D eigenvalue weighted by Gasteiger charge is 2.24. The van der Waals surface area contributed by atoms with Gasteiger partial charge in [0.15, 0.2) is 0 Å². The molecule has 1 aliphatic rings. The van der Waals surface area contributed by atoms with Gasteiger partial charge in [0.05, 0.1) is 15.9 Å². The van der Waals surface area contributed by atoms with E-state index in [1.165, 1.54) is 29.4 Å². The number of nitrogens with two attached hydrogens (primary N) is 1. The lowest BCUT2D eigenvalue weighted by Crippen LogP contribution is -2.43. The van der Waals surface area contributed by atoms with Crippen LogP contribution in [0.4, 0.5) is 0 Å². The van der Waals surface area contributed by atoms with Gasteiger partial charge in [-0.2, -0.15) is 5.10 Å². The van der Waals surface area contributed by atoms with Crippen LogP contribution in [0.1, 0.15) is 44.5 Å². The predicted molar refractivity (Wildman–Crippen MR) is 82.1 cm³/mol. The fraction of sp³-hybridized carbons (Fsp3) is 0.786. The van der Waals surface area contributed by atoms with Crippen LogP contribution in [0.5, 0.6) is 0 Å². The van der Waals surface area contributed by atoms with Gasteiger partial charge in [-0.25, -0.2) is 0 Å². The van der Waals surface area contributed by atoms with Gasteiger partial charge in [-0.05, 0) is 48.7 Å². The van der Waals surface area contributed by atoms with Crippen molar-refractivity contribution >= 4 is 15.9 Å². The van der Waals surface area contributed by atoms with E-state index in [-0.39, 0.29) is 0 Å². The molecule has 1 aromatic rings. The maximum Gasteiger partial charge on any atom is 0.0767 e. The molecule has 0 amide bonds. The van der Waals surface area contributed by atoms with Gasteiger partial charge in [-0.1, -0.05) is 13.3 Å². The Labute approximate surface area is 124 Å². The molecule has 5 heteroatoms. The molecule has 1 fully saturated rings. The summed E-state index contributed by atoms with van der Waals surface area (Å²) in [5.41, 5.74) is 8.38. The van der Waals surface area contributed by atoms with Crippen molar-refractivity contribution in [3.8, 4) is 0 Å². The molecule has 1 unspecified atom stereocenters. The average Bonchev–Trinajstić information content (AvgIpc) is 2.76. The number of hydrogen-bond acceptors (Lipinski definition) is 3. The number of likely N-dealkylation sites (tertiary alicyclic amines) is 1. The molecule has 1 saturated heterocycles. The molecule has 4 nitrogen and oxygen atoms in total. The minimum atomic E-state index is 0.533. The first-order valence-electron chi connectivity index (χ1n) is 7.39. The first-order chi connectivity index (χ1) is 9.21. The third-order valence-electron chi connectivity index (χ3n) is 4.07. The van der Waals surface area contributed by atoms with Crippen LogP contribution in [0, 0.1) is 0 Å². The van der Waals surface area contributed by atoms with Crippen molar-refractivity contribution in [2.24, 2.45) is 5.73 Å². The number of nitrogens with zero attached hydrogens (tertiary/aromatic N) is 3. The zero-order valence-electron chi connectivity index (χ0n) is 12.0. The van der Waals surface area contributed by atoms with Crippen LogP contribution >= 0.6 is 15.9 Å². The van der Waals surface area contributed by atoms with Crippen molar-refractivity contribution in [2.45, 2.75) is 58.7 Å². The highest BCUT2D eigenvalue weighted by molar-refractivity contribution is 9.10. The van der Waals surface area contributed by atoms with E-state index in [4.69, 9.17) is 5.73 Å². The minimum Gasteiger partial charge on any atom is -0.329 e. The zero-order valence-corrected chi connectivity index (χ0v) is 13.6. The zero-order chi connectivity index (χ0) is 13.8. The summed E-state index contributed by atoms with van der Waals surface area (Å²) in [7, 11) is 0. The molecular weight excluding hydrogens is 304 g/mol. The molecule has 19 heavy (non-hydrogen) atoms. The van der Waals surface area contributed by atoms with Gasteiger partial charge in [0.2, 0.25) is 0 Å². The molecule has 2 rings (SSSR count). The summed E-state index contributed by atoms with van der Waals surface area (Å²) in [5, 5.41) is 4.67. The van der Waals surface area contributed by atoms with Gasteiger partial charge in [0, 0.05) is 25.7 Å². The quantitative estimate of drug-likeness (QED) is 0.903. The van der Waals surface area contributed by atoms with Crippen molar-refractivity contribution in [1.29, 1.82) is 0 Å². The molecule has 1 aromatic heterocycles. The molecule has 0 aliphatic carbocycles. The number of hydrogen-bond donors (Lipinski definition) is 1. The van der Waals surface area contributed by atoms with E-state index in [2.05, 4.69) is 44.5 Å². The Morgan fingerprint density at radius 1 is 1.37 bits per heavy atom. The normalized spacial score (nSPS) is 20.9. The first-order valence-corrected chi connectivity index (χ1v) is 8.18. The molecule has 0 bridgehead atoms. The van der Waals surface area contributed by atoms with E-state index in [9.17, 15) is 0 Å². The van der Waals surface area contributed by atoms with E-state index in [1.807, 2.05) is 0 Å². The van der Waals surface area contributed by atoms with Gasteiger partial charge >= 0.3 is 0 Å². The lowest BCUT2D eigenvalue weighted by atomic mass is 10.0. The molecular formula is C14H25BrN4. The second kappa shape index (κ2) is 6.86. The number of piperidine rings is 1. The predicted octanol–water partition coefficient (Wildman–Crippen LogP) is 2.54.